The molecule has 0 bridgehead atoms. The molecular formula is C19H28N4O. The van der Waals surface area contributed by atoms with Gasteiger partial charge in [0.1, 0.15) is 0 Å². The zero-order chi connectivity index (χ0) is 16.8. The summed E-state index contributed by atoms with van der Waals surface area (Å²) in [5.74, 6) is 0. The fraction of sp³-hybridized carbons (Fsp3) is 0.526. The van der Waals surface area contributed by atoms with Crippen LogP contribution in [-0.2, 0) is 0 Å². The number of benzene rings is 1. The molecule has 0 saturated carbocycles. The highest BCUT2D eigenvalue weighted by Crippen LogP contribution is 2.09. The summed E-state index contributed by atoms with van der Waals surface area (Å²) in [4.78, 5) is 21.3. The number of carbonyl (C=O) groups is 1. The van der Waals surface area contributed by atoms with E-state index in [1.54, 1.807) is 0 Å². The predicted molar refractivity (Wildman–Crippen MR) is 98.0 cm³/mol. The van der Waals surface area contributed by atoms with Crippen LogP contribution in [0, 0.1) is 0 Å². The Morgan fingerprint density at radius 3 is 2.12 bits per heavy atom. The SMILES string of the molecule is CN1CCN(C(=O)N2CCN(C/C=C/c3ccccc3)CC2)CC1. The van der Waals surface area contributed by atoms with E-state index in [0.29, 0.717) is 0 Å². The summed E-state index contributed by atoms with van der Waals surface area (Å²) in [6, 6.07) is 10.6. The molecule has 0 aromatic heterocycles. The Hall–Kier alpha value is -1.85. The molecule has 0 N–H and O–H groups in total. The molecule has 0 spiro atoms. The van der Waals surface area contributed by atoms with Crippen LogP contribution in [0.25, 0.3) is 6.08 Å². The summed E-state index contributed by atoms with van der Waals surface area (Å²) in [6.07, 6.45) is 4.38. The minimum Gasteiger partial charge on any atom is -0.322 e. The van der Waals surface area contributed by atoms with Gasteiger partial charge in [0.15, 0.2) is 0 Å². The van der Waals surface area contributed by atoms with E-state index in [0.717, 1.165) is 58.9 Å². The second-order valence-electron chi connectivity index (χ2n) is 6.67. The smallest absolute Gasteiger partial charge is 0.320 e. The van der Waals surface area contributed by atoms with Crippen LogP contribution in [-0.4, -0.2) is 91.6 Å². The highest BCUT2D eigenvalue weighted by Gasteiger charge is 2.26. The number of hydrogen-bond donors (Lipinski definition) is 0. The first kappa shape index (κ1) is 17.0. The first-order valence-electron chi connectivity index (χ1n) is 8.89. The number of amides is 2. The summed E-state index contributed by atoms with van der Waals surface area (Å²) in [6.45, 7) is 8.22. The molecule has 0 radical (unpaired) electrons. The van der Waals surface area contributed by atoms with Crippen molar-refractivity contribution in [1.29, 1.82) is 0 Å². The Morgan fingerprint density at radius 2 is 1.50 bits per heavy atom. The number of nitrogens with zero attached hydrogens (tertiary/aromatic N) is 4. The Morgan fingerprint density at radius 1 is 0.917 bits per heavy atom. The molecule has 2 saturated heterocycles. The van der Waals surface area contributed by atoms with Crippen molar-refractivity contribution >= 4 is 12.1 Å². The second kappa shape index (κ2) is 8.31. The van der Waals surface area contributed by atoms with Gasteiger partial charge in [-0.1, -0.05) is 42.5 Å². The molecule has 2 heterocycles. The highest BCUT2D eigenvalue weighted by atomic mass is 16.2. The Balaban J connectivity index is 1.41. The number of carbonyl (C=O) groups excluding carboxylic acids is 1. The predicted octanol–water partition coefficient (Wildman–Crippen LogP) is 1.68. The molecule has 1 aromatic rings. The van der Waals surface area contributed by atoms with E-state index in [2.05, 4.69) is 53.3 Å². The van der Waals surface area contributed by atoms with E-state index in [1.165, 1.54) is 5.56 Å². The van der Waals surface area contributed by atoms with Gasteiger partial charge in [0.05, 0.1) is 0 Å². The molecule has 0 atom stereocenters. The third-order valence-electron chi connectivity index (χ3n) is 4.89. The maximum absolute atomic E-state index is 12.6. The van der Waals surface area contributed by atoms with Crippen LogP contribution in [0.1, 0.15) is 5.56 Å². The topological polar surface area (TPSA) is 30.0 Å². The summed E-state index contributed by atoms with van der Waals surface area (Å²) in [5.41, 5.74) is 1.24. The first-order chi connectivity index (χ1) is 11.7. The lowest BCUT2D eigenvalue weighted by molar-refractivity contribution is 0.0989. The number of rotatable bonds is 3. The maximum Gasteiger partial charge on any atom is 0.320 e. The van der Waals surface area contributed by atoms with Crippen molar-refractivity contribution in [2.75, 3.05) is 66.0 Å². The van der Waals surface area contributed by atoms with Crippen molar-refractivity contribution in [3.63, 3.8) is 0 Å². The average Bonchev–Trinajstić information content (AvgIpc) is 2.63. The Kier molecular flexibility index (Phi) is 5.88. The van der Waals surface area contributed by atoms with Gasteiger partial charge in [0.2, 0.25) is 0 Å². The van der Waals surface area contributed by atoms with Gasteiger partial charge in [-0.3, -0.25) is 4.90 Å². The van der Waals surface area contributed by atoms with Gasteiger partial charge >= 0.3 is 6.03 Å². The van der Waals surface area contributed by atoms with E-state index in [1.807, 2.05) is 15.9 Å². The van der Waals surface area contributed by atoms with Crippen molar-refractivity contribution in [3.8, 4) is 0 Å². The lowest BCUT2D eigenvalue weighted by atomic mass is 10.2. The number of piperazine rings is 2. The third-order valence-corrected chi connectivity index (χ3v) is 4.89. The van der Waals surface area contributed by atoms with Crippen molar-refractivity contribution in [2.45, 2.75) is 0 Å². The molecule has 3 rings (SSSR count). The molecule has 0 unspecified atom stereocenters. The zero-order valence-corrected chi connectivity index (χ0v) is 14.6. The lowest BCUT2D eigenvalue weighted by Gasteiger charge is -2.39. The van der Waals surface area contributed by atoms with E-state index in [4.69, 9.17) is 0 Å². The summed E-state index contributed by atoms with van der Waals surface area (Å²) < 4.78 is 0. The minimum absolute atomic E-state index is 0.225. The third kappa shape index (κ3) is 4.58. The van der Waals surface area contributed by atoms with Crippen LogP contribution in [0.3, 0.4) is 0 Å². The van der Waals surface area contributed by atoms with Gasteiger partial charge in [-0.05, 0) is 12.6 Å². The van der Waals surface area contributed by atoms with Crippen LogP contribution < -0.4 is 0 Å². The Labute approximate surface area is 145 Å². The monoisotopic (exact) mass is 328 g/mol. The zero-order valence-electron chi connectivity index (χ0n) is 14.6. The fourth-order valence-electron chi connectivity index (χ4n) is 3.22. The molecule has 24 heavy (non-hydrogen) atoms. The molecular weight excluding hydrogens is 300 g/mol. The van der Waals surface area contributed by atoms with Crippen molar-refractivity contribution in [2.24, 2.45) is 0 Å². The van der Waals surface area contributed by atoms with Crippen molar-refractivity contribution in [3.05, 3.63) is 42.0 Å². The number of urea groups is 1. The largest absolute Gasteiger partial charge is 0.322 e. The van der Waals surface area contributed by atoms with Gasteiger partial charge in [-0.15, -0.1) is 0 Å². The molecule has 5 heteroatoms. The van der Waals surface area contributed by atoms with Gasteiger partial charge in [0.25, 0.3) is 0 Å². The summed E-state index contributed by atoms with van der Waals surface area (Å²) >= 11 is 0. The first-order valence-corrected chi connectivity index (χ1v) is 8.89. The van der Waals surface area contributed by atoms with Gasteiger partial charge in [-0.25, -0.2) is 4.79 Å². The summed E-state index contributed by atoms with van der Waals surface area (Å²) in [5, 5.41) is 0. The summed E-state index contributed by atoms with van der Waals surface area (Å²) in [7, 11) is 2.11. The van der Waals surface area contributed by atoms with Crippen molar-refractivity contribution in [1.82, 2.24) is 19.6 Å². The molecule has 2 aliphatic heterocycles. The van der Waals surface area contributed by atoms with Crippen LogP contribution in [0.15, 0.2) is 36.4 Å². The molecule has 5 nitrogen and oxygen atoms in total. The molecule has 0 aliphatic carbocycles. The lowest BCUT2D eigenvalue weighted by Crippen LogP contribution is -2.56. The van der Waals surface area contributed by atoms with E-state index >= 15 is 0 Å². The fourth-order valence-corrected chi connectivity index (χ4v) is 3.22. The van der Waals surface area contributed by atoms with E-state index in [9.17, 15) is 4.79 Å². The van der Waals surface area contributed by atoms with Crippen molar-refractivity contribution < 1.29 is 4.79 Å². The quantitative estimate of drug-likeness (QED) is 0.846. The van der Waals surface area contributed by atoms with E-state index in [-0.39, 0.29) is 6.03 Å². The van der Waals surface area contributed by atoms with Crippen LogP contribution in [0.4, 0.5) is 4.79 Å². The van der Waals surface area contributed by atoms with Crippen LogP contribution >= 0.6 is 0 Å². The van der Waals surface area contributed by atoms with E-state index < -0.39 is 0 Å². The minimum atomic E-state index is 0.225. The van der Waals surface area contributed by atoms with Crippen LogP contribution in [0.5, 0.6) is 0 Å². The highest BCUT2D eigenvalue weighted by molar-refractivity contribution is 5.74. The molecule has 2 aliphatic rings. The molecule has 2 amide bonds. The number of hydrogen-bond acceptors (Lipinski definition) is 3. The molecule has 2 fully saturated rings. The second-order valence-corrected chi connectivity index (χ2v) is 6.67. The molecule has 130 valence electrons. The van der Waals surface area contributed by atoms with Crippen LogP contribution in [0.2, 0.25) is 0 Å². The standard InChI is InChI=1S/C19H28N4O/c1-20-10-14-22(15-11-20)19(24)23-16-12-21(13-17-23)9-5-8-18-6-3-2-4-7-18/h2-8H,9-17H2,1H3/b8-5+. The number of likely N-dealkylation sites (N-methyl/N-ethyl adjacent to an activating group) is 1. The average molecular weight is 328 g/mol. The maximum atomic E-state index is 12.6. The van der Waals surface area contributed by atoms with Gasteiger partial charge in [0, 0.05) is 58.9 Å². The van der Waals surface area contributed by atoms with Gasteiger partial charge < -0.3 is 14.7 Å². The normalized spacial score (nSPS) is 20.7. The van der Waals surface area contributed by atoms with Gasteiger partial charge in [-0.2, -0.15) is 0 Å². The Bertz CT molecular complexity index is 544. The molecule has 1 aromatic carbocycles.